The number of rotatable bonds is 8. The highest BCUT2D eigenvalue weighted by Crippen LogP contribution is 2.32. The molecule has 1 aromatic heterocycles. The average molecular weight is 379 g/mol. The Bertz CT molecular complexity index is 903. The number of hydrogen-bond donors (Lipinski definition) is 0. The molecule has 0 N–H and O–H groups in total. The standard InChI is InChI=1S/C22H25N3O3/c1-4-27-21(26)22(2,3)18-11-9-17(10-12-18)19-7-5-6-8-20(19)28-16-15-25-14-13-23-24-25/h5-14H,4,15-16H2,1-3H3. The predicted octanol–water partition coefficient (Wildman–Crippen LogP) is 3.86. The van der Waals surface area contributed by atoms with Crippen LogP contribution in [0, 0.1) is 0 Å². The Balaban J connectivity index is 1.75. The van der Waals surface area contributed by atoms with Gasteiger partial charge in [-0.05, 0) is 38.0 Å². The highest BCUT2D eigenvalue weighted by molar-refractivity contribution is 5.82. The molecule has 6 nitrogen and oxygen atoms in total. The van der Waals surface area contributed by atoms with Crippen molar-refractivity contribution in [1.29, 1.82) is 0 Å². The van der Waals surface area contributed by atoms with Crippen molar-refractivity contribution < 1.29 is 14.3 Å². The van der Waals surface area contributed by atoms with Crippen molar-refractivity contribution in [2.45, 2.75) is 32.7 Å². The fourth-order valence-electron chi connectivity index (χ4n) is 2.93. The lowest BCUT2D eigenvalue weighted by atomic mass is 9.84. The summed E-state index contributed by atoms with van der Waals surface area (Å²) >= 11 is 0. The Morgan fingerprint density at radius 2 is 1.86 bits per heavy atom. The Kier molecular flexibility index (Phi) is 6.09. The normalized spacial score (nSPS) is 11.2. The zero-order chi connectivity index (χ0) is 20.0. The quantitative estimate of drug-likeness (QED) is 0.556. The number of carbonyl (C=O) groups excluding carboxylic acids is 1. The fourth-order valence-corrected chi connectivity index (χ4v) is 2.93. The molecule has 0 bridgehead atoms. The van der Waals surface area contributed by atoms with E-state index in [9.17, 15) is 4.79 Å². The van der Waals surface area contributed by atoms with Crippen LogP contribution >= 0.6 is 0 Å². The third kappa shape index (κ3) is 4.39. The molecule has 28 heavy (non-hydrogen) atoms. The van der Waals surface area contributed by atoms with Crippen LogP contribution in [-0.2, 0) is 21.5 Å². The first-order valence-corrected chi connectivity index (χ1v) is 9.36. The van der Waals surface area contributed by atoms with Crippen LogP contribution in [0.25, 0.3) is 11.1 Å². The molecule has 2 aromatic carbocycles. The summed E-state index contributed by atoms with van der Waals surface area (Å²) < 4.78 is 12.9. The summed E-state index contributed by atoms with van der Waals surface area (Å²) in [5.74, 6) is 0.583. The van der Waals surface area contributed by atoms with Crippen molar-refractivity contribution in [3.05, 3.63) is 66.5 Å². The van der Waals surface area contributed by atoms with Crippen molar-refractivity contribution >= 4 is 5.97 Å². The molecule has 0 amide bonds. The van der Waals surface area contributed by atoms with Crippen LogP contribution in [0.5, 0.6) is 5.75 Å². The Morgan fingerprint density at radius 3 is 2.54 bits per heavy atom. The number of esters is 1. The van der Waals surface area contributed by atoms with Gasteiger partial charge in [0.1, 0.15) is 12.4 Å². The molecular weight excluding hydrogens is 354 g/mol. The summed E-state index contributed by atoms with van der Waals surface area (Å²) in [6, 6.07) is 15.9. The van der Waals surface area contributed by atoms with E-state index >= 15 is 0 Å². The van der Waals surface area contributed by atoms with Crippen LogP contribution in [-0.4, -0.2) is 34.2 Å². The minimum atomic E-state index is -0.692. The summed E-state index contributed by atoms with van der Waals surface area (Å²) in [4.78, 5) is 12.2. The van der Waals surface area contributed by atoms with Gasteiger partial charge in [-0.2, -0.15) is 0 Å². The van der Waals surface area contributed by atoms with Crippen LogP contribution in [0.4, 0.5) is 0 Å². The number of aromatic nitrogens is 3. The van der Waals surface area contributed by atoms with Gasteiger partial charge in [0.25, 0.3) is 0 Å². The van der Waals surface area contributed by atoms with Crippen molar-refractivity contribution in [2.75, 3.05) is 13.2 Å². The summed E-state index contributed by atoms with van der Waals surface area (Å²) in [7, 11) is 0. The van der Waals surface area contributed by atoms with Gasteiger partial charge in [0.2, 0.25) is 0 Å². The van der Waals surface area contributed by atoms with Crippen LogP contribution in [0.2, 0.25) is 0 Å². The Labute approximate surface area is 165 Å². The number of carbonyl (C=O) groups is 1. The first kappa shape index (κ1) is 19.6. The van der Waals surface area contributed by atoms with E-state index in [1.54, 1.807) is 17.1 Å². The molecular formula is C22H25N3O3. The van der Waals surface area contributed by atoms with E-state index in [0.29, 0.717) is 19.8 Å². The van der Waals surface area contributed by atoms with Crippen LogP contribution in [0.15, 0.2) is 60.9 Å². The van der Waals surface area contributed by atoms with E-state index in [2.05, 4.69) is 10.3 Å². The average Bonchev–Trinajstić information content (AvgIpc) is 3.22. The van der Waals surface area contributed by atoms with Gasteiger partial charge in [-0.15, -0.1) is 5.10 Å². The van der Waals surface area contributed by atoms with E-state index in [1.807, 2.05) is 69.3 Å². The molecule has 0 aliphatic carbocycles. The Hall–Kier alpha value is -3.15. The molecule has 0 aliphatic rings. The molecule has 0 saturated carbocycles. The number of benzene rings is 2. The minimum Gasteiger partial charge on any atom is -0.491 e. The molecule has 0 fully saturated rings. The largest absolute Gasteiger partial charge is 0.491 e. The first-order valence-electron chi connectivity index (χ1n) is 9.36. The summed E-state index contributed by atoms with van der Waals surface area (Å²) in [6.45, 7) is 7.06. The van der Waals surface area contributed by atoms with E-state index in [0.717, 1.165) is 22.4 Å². The number of ether oxygens (including phenoxy) is 2. The van der Waals surface area contributed by atoms with Crippen molar-refractivity contribution in [1.82, 2.24) is 15.0 Å². The second kappa shape index (κ2) is 8.69. The zero-order valence-corrected chi connectivity index (χ0v) is 16.5. The highest BCUT2D eigenvalue weighted by atomic mass is 16.5. The molecule has 1 heterocycles. The van der Waals surface area contributed by atoms with Gasteiger partial charge in [0.05, 0.1) is 24.8 Å². The lowest BCUT2D eigenvalue weighted by Crippen LogP contribution is -2.31. The minimum absolute atomic E-state index is 0.223. The SMILES string of the molecule is CCOC(=O)C(C)(C)c1ccc(-c2ccccc2OCCn2ccnn2)cc1. The van der Waals surface area contributed by atoms with Gasteiger partial charge < -0.3 is 9.47 Å². The zero-order valence-electron chi connectivity index (χ0n) is 16.5. The number of nitrogens with zero attached hydrogens (tertiary/aromatic N) is 3. The summed E-state index contributed by atoms with van der Waals surface area (Å²) in [5, 5.41) is 7.73. The topological polar surface area (TPSA) is 66.2 Å². The maximum Gasteiger partial charge on any atom is 0.315 e. The van der Waals surface area contributed by atoms with Crippen LogP contribution in [0.3, 0.4) is 0 Å². The Morgan fingerprint density at radius 1 is 1.11 bits per heavy atom. The molecule has 3 rings (SSSR count). The van der Waals surface area contributed by atoms with E-state index < -0.39 is 5.41 Å². The monoisotopic (exact) mass is 379 g/mol. The van der Waals surface area contributed by atoms with Gasteiger partial charge in [0, 0.05) is 11.8 Å². The maximum absolute atomic E-state index is 12.2. The summed E-state index contributed by atoms with van der Waals surface area (Å²) in [5.41, 5.74) is 2.25. The highest BCUT2D eigenvalue weighted by Gasteiger charge is 2.31. The van der Waals surface area contributed by atoms with Gasteiger partial charge in [-0.3, -0.25) is 4.79 Å². The van der Waals surface area contributed by atoms with Crippen LogP contribution < -0.4 is 4.74 Å². The van der Waals surface area contributed by atoms with Crippen molar-refractivity contribution in [3.63, 3.8) is 0 Å². The van der Waals surface area contributed by atoms with Gasteiger partial charge in [-0.1, -0.05) is 47.7 Å². The predicted molar refractivity (Wildman–Crippen MR) is 107 cm³/mol. The lowest BCUT2D eigenvalue weighted by Gasteiger charge is -2.23. The molecule has 0 aliphatic heterocycles. The molecule has 0 radical (unpaired) electrons. The van der Waals surface area contributed by atoms with E-state index in [4.69, 9.17) is 9.47 Å². The summed E-state index contributed by atoms with van der Waals surface area (Å²) in [6.07, 6.45) is 3.45. The number of hydrogen-bond acceptors (Lipinski definition) is 5. The maximum atomic E-state index is 12.2. The number of para-hydroxylation sites is 1. The first-order chi connectivity index (χ1) is 13.5. The molecule has 146 valence electrons. The third-order valence-electron chi connectivity index (χ3n) is 4.64. The lowest BCUT2D eigenvalue weighted by molar-refractivity contribution is -0.148. The third-order valence-corrected chi connectivity index (χ3v) is 4.64. The molecule has 0 spiro atoms. The van der Waals surface area contributed by atoms with Gasteiger partial charge in [-0.25, -0.2) is 4.68 Å². The molecule has 0 atom stereocenters. The molecule has 0 saturated heterocycles. The smallest absolute Gasteiger partial charge is 0.315 e. The van der Waals surface area contributed by atoms with Gasteiger partial charge >= 0.3 is 5.97 Å². The second-order valence-electron chi connectivity index (χ2n) is 6.93. The van der Waals surface area contributed by atoms with E-state index in [-0.39, 0.29) is 5.97 Å². The van der Waals surface area contributed by atoms with Gasteiger partial charge in [0.15, 0.2) is 0 Å². The molecule has 3 aromatic rings. The fraction of sp³-hybridized carbons (Fsp3) is 0.318. The molecule has 0 unspecified atom stereocenters. The van der Waals surface area contributed by atoms with Crippen molar-refractivity contribution in [3.8, 4) is 16.9 Å². The van der Waals surface area contributed by atoms with Crippen molar-refractivity contribution in [2.24, 2.45) is 0 Å². The van der Waals surface area contributed by atoms with E-state index in [1.165, 1.54) is 0 Å². The second-order valence-corrected chi connectivity index (χ2v) is 6.93. The van der Waals surface area contributed by atoms with Crippen LogP contribution in [0.1, 0.15) is 26.3 Å². The molecule has 6 heteroatoms.